The molecule has 0 N–H and O–H groups in total. The second kappa shape index (κ2) is 6.58. The van der Waals surface area contributed by atoms with E-state index in [1.54, 1.807) is 0 Å². The highest BCUT2D eigenvalue weighted by atomic mass is 35.5. The number of fused-ring (bicyclic) bond motifs is 1. The molecule has 0 atom stereocenters. The van der Waals surface area contributed by atoms with Gasteiger partial charge in [-0.3, -0.25) is 19.5 Å². The van der Waals surface area contributed by atoms with E-state index in [1.807, 2.05) is 31.5 Å². The summed E-state index contributed by atoms with van der Waals surface area (Å²) in [5, 5.41) is 5.47. The van der Waals surface area contributed by atoms with Crippen LogP contribution in [0.5, 0.6) is 0 Å². The van der Waals surface area contributed by atoms with Gasteiger partial charge in [0.15, 0.2) is 0 Å². The van der Waals surface area contributed by atoms with E-state index in [1.165, 1.54) is 5.69 Å². The molecule has 0 spiro atoms. The molecule has 0 aliphatic carbocycles. The zero-order valence-corrected chi connectivity index (χ0v) is 15.2. The largest absolute Gasteiger partial charge is 0.291 e. The topological polar surface area (TPSA) is 46.8 Å². The summed E-state index contributed by atoms with van der Waals surface area (Å²) in [4.78, 5) is 11.2. The van der Waals surface area contributed by atoms with Crippen molar-refractivity contribution in [3.05, 3.63) is 64.2 Å². The third-order valence-electron chi connectivity index (χ3n) is 4.62. The van der Waals surface area contributed by atoms with Gasteiger partial charge in [0.2, 0.25) is 0 Å². The van der Waals surface area contributed by atoms with Crippen molar-refractivity contribution in [1.29, 1.82) is 0 Å². The summed E-state index contributed by atoms with van der Waals surface area (Å²) in [6.45, 7) is 7.54. The van der Waals surface area contributed by atoms with E-state index in [-0.39, 0.29) is 0 Å². The van der Waals surface area contributed by atoms with E-state index in [0.29, 0.717) is 0 Å². The number of aromatic nitrogens is 4. The summed E-state index contributed by atoms with van der Waals surface area (Å²) in [5.41, 5.74) is 6.30. The molecule has 3 aromatic rings. The molecule has 0 fully saturated rings. The lowest BCUT2D eigenvalue weighted by Gasteiger charge is -2.27. The Morgan fingerprint density at radius 2 is 2.04 bits per heavy atom. The highest BCUT2D eigenvalue weighted by Crippen LogP contribution is 2.24. The summed E-state index contributed by atoms with van der Waals surface area (Å²) in [6, 6.07) is 8.19. The van der Waals surface area contributed by atoms with Crippen molar-refractivity contribution >= 4 is 11.6 Å². The Balaban J connectivity index is 1.53. The lowest BCUT2D eigenvalue weighted by Crippen LogP contribution is -2.33. The van der Waals surface area contributed by atoms with Crippen LogP contribution in [0.1, 0.15) is 22.5 Å². The van der Waals surface area contributed by atoms with Gasteiger partial charge in [0, 0.05) is 32.0 Å². The van der Waals surface area contributed by atoms with Gasteiger partial charge in [-0.2, -0.15) is 5.10 Å². The molecule has 0 saturated carbocycles. The predicted octanol–water partition coefficient (Wildman–Crippen LogP) is 3.63. The van der Waals surface area contributed by atoms with Crippen LogP contribution >= 0.6 is 11.6 Å². The lowest BCUT2D eigenvalue weighted by atomic mass is 10.1. The Bertz CT molecular complexity index is 918. The number of halogens is 1. The van der Waals surface area contributed by atoms with Gasteiger partial charge in [0.1, 0.15) is 5.69 Å². The maximum absolute atomic E-state index is 6.20. The van der Waals surface area contributed by atoms with Crippen LogP contribution in [-0.2, 0) is 19.6 Å². The van der Waals surface area contributed by atoms with Crippen molar-refractivity contribution < 1.29 is 0 Å². The molecule has 5 nitrogen and oxygen atoms in total. The molecule has 25 heavy (non-hydrogen) atoms. The SMILES string of the molecule is Cc1cccnc1-c1cc2n(n1)CCN(Cc1cnc(C)c(Cl)c1)C2. The maximum Gasteiger partial charge on any atom is 0.111 e. The number of aryl methyl sites for hydroxylation is 2. The van der Waals surface area contributed by atoms with Gasteiger partial charge >= 0.3 is 0 Å². The summed E-state index contributed by atoms with van der Waals surface area (Å²) >= 11 is 6.20. The number of nitrogens with zero attached hydrogens (tertiary/aromatic N) is 5. The van der Waals surface area contributed by atoms with Crippen LogP contribution in [0.15, 0.2) is 36.7 Å². The van der Waals surface area contributed by atoms with Gasteiger partial charge in [0.05, 0.1) is 28.6 Å². The minimum absolute atomic E-state index is 0.729. The van der Waals surface area contributed by atoms with Gasteiger partial charge in [-0.15, -0.1) is 0 Å². The molecule has 3 aromatic heterocycles. The average molecular weight is 354 g/mol. The summed E-state index contributed by atoms with van der Waals surface area (Å²) in [5.74, 6) is 0. The molecule has 1 aliphatic rings. The van der Waals surface area contributed by atoms with Gasteiger partial charge in [-0.25, -0.2) is 0 Å². The average Bonchev–Trinajstić information content (AvgIpc) is 3.01. The Labute approximate surface area is 152 Å². The van der Waals surface area contributed by atoms with E-state index in [2.05, 4.69) is 38.6 Å². The molecule has 0 aromatic carbocycles. The summed E-state index contributed by atoms with van der Waals surface area (Å²) in [6.07, 6.45) is 3.73. The Hall–Kier alpha value is -2.24. The molecule has 0 radical (unpaired) electrons. The minimum Gasteiger partial charge on any atom is -0.291 e. The molecular weight excluding hydrogens is 334 g/mol. The Morgan fingerprint density at radius 1 is 1.16 bits per heavy atom. The molecule has 0 amide bonds. The van der Waals surface area contributed by atoms with Crippen LogP contribution in [0.25, 0.3) is 11.4 Å². The fraction of sp³-hybridized carbons (Fsp3) is 0.316. The zero-order valence-electron chi connectivity index (χ0n) is 14.4. The summed E-state index contributed by atoms with van der Waals surface area (Å²) < 4.78 is 2.10. The van der Waals surface area contributed by atoms with Crippen molar-refractivity contribution in [3.8, 4) is 11.4 Å². The molecule has 6 heteroatoms. The van der Waals surface area contributed by atoms with E-state index in [9.17, 15) is 0 Å². The second-order valence-electron chi connectivity index (χ2n) is 6.53. The highest BCUT2D eigenvalue weighted by Gasteiger charge is 2.20. The van der Waals surface area contributed by atoms with Gasteiger partial charge in [-0.05, 0) is 43.2 Å². The van der Waals surface area contributed by atoms with Crippen LogP contribution in [-0.4, -0.2) is 31.2 Å². The number of rotatable bonds is 3. The molecule has 0 bridgehead atoms. The highest BCUT2D eigenvalue weighted by molar-refractivity contribution is 6.31. The fourth-order valence-electron chi connectivity index (χ4n) is 3.22. The van der Waals surface area contributed by atoms with Gasteiger partial charge in [-0.1, -0.05) is 17.7 Å². The molecule has 0 unspecified atom stereocenters. The number of hydrogen-bond acceptors (Lipinski definition) is 4. The van der Waals surface area contributed by atoms with Crippen LogP contribution in [0.2, 0.25) is 5.02 Å². The standard InChI is InChI=1S/C19H20ClN5/c1-13-4-3-5-21-19(13)18-9-16-12-24(6-7-25(16)23-18)11-15-8-17(20)14(2)22-10-15/h3-5,8-10H,6-7,11-12H2,1-2H3. The summed E-state index contributed by atoms with van der Waals surface area (Å²) in [7, 11) is 0. The monoisotopic (exact) mass is 353 g/mol. The van der Waals surface area contributed by atoms with E-state index >= 15 is 0 Å². The number of hydrogen-bond donors (Lipinski definition) is 0. The van der Waals surface area contributed by atoms with Crippen LogP contribution in [0.3, 0.4) is 0 Å². The zero-order chi connectivity index (χ0) is 17.4. The van der Waals surface area contributed by atoms with Crippen LogP contribution < -0.4 is 0 Å². The molecule has 4 rings (SSSR count). The molecule has 4 heterocycles. The maximum atomic E-state index is 6.20. The minimum atomic E-state index is 0.729. The van der Waals surface area contributed by atoms with Crippen molar-refractivity contribution in [2.45, 2.75) is 33.5 Å². The van der Waals surface area contributed by atoms with Crippen molar-refractivity contribution in [3.63, 3.8) is 0 Å². The number of pyridine rings is 2. The third-order valence-corrected chi connectivity index (χ3v) is 5.00. The quantitative estimate of drug-likeness (QED) is 0.721. The van der Waals surface area contributed by atoms with Gasteiger partial charge in [0.25, 0.3) is 0 Å². The van der Waals surface area contributed by atoms with Gasteiger partial charge < -0.3 is 0 Å². The van der Waals surface area contributed by atoms with Crippen molar-refractivity contribution in [2.24, 2.45) is 0 Å². The second-order valence-corrected chi connectivity index (χ2v) is 6.94. The van der Waals surface area contributed by atoms with Crippen LogP contribution in [0.4, 0.5) is 0 Å². The predicted molar refractivity (Wildman–Crippen MR) is 98.3 cm³/mol. The lowest BCUT2D eigenvalue weighted by molar-refractivity contribution is 0.205. The van der Waals surface area contributed by atoms with Crippen molar-refractivity contribution in [2.75, 3.05) is 6.54 Å². The smallest absolute Gasteiger partial charge is 0.111 e. The molecule has 1 aliphatic heterocycles. The molecule has 128 valence electrons. The van der Waals surface area contributed by atoms with Crippen LogP contribution in [0, 0.1) is 13.8 Å². The third kappa shape index (κ3) is 3.30. The molecule has 0 saturated heterocycles. The van der Waals surface area contributed by atoms with E-state index in [0.717, 1.165) is 59.4 Å². The first kappa shape index (κ1) is 16.2. The van der Waals surface area contributed by atoms with E-state index in [4.69, 9.17) is 16.7 Å². The Morgan fingerprint density at radius 3 is 2.84 bits per heavy atom. The normalized spacial score (nSPS) is 14.5. The fourth-order valence-corrected chi connectivity index (χ4v) is 3.40. The first-order valence-corrected chi connectivity index (χ1v) is 8.80. The first-order valence-electron chi connectivity index (χ1n) is 8.42. The van der Waals surface area contributed by atoms with Crippen molar-refractivity contribution in [1.82, 2.24) is 24.6 Å². The Kier molecular flexibility index (Phi) is 4.27. The molecular formula is C19H20ClN5. The van der Waals surface area contributed by atoms with E-state index < -0.39 is 0 Å². The first-order chi connectivity index (χ1) is 12.1.